The molecule has 0 saturated carbocycles. The van der Waals surface area contributed by atoms with E-state index in [-0.39, 0.29) is 12.5 Å². The fourth-order valence-corrected chi connectivity index (χ4v) is 1.74. The number of nitrogens with zero attached hydrogens (tertiary/aromatic N) is 2. The number of hydrogen-bond donors (Lipinski definition) is 1. The molecule has 0 radical (unpaired) electrons. The molecular formula is C13H23N3O2. The zero-order chi connectivity index (χ0) is 13.5. The number of hydrogen-bond acceptors (Lipinski definition) is 4. The number of unbranched alkanes of at least 4 members (excludes halogenated alkanes) is 1. The van der Waals surface area contributed by atoms with Gasteiger partial charge in [0.05, 0.1) is 18.8 Å². The highest BCUT2D eigenvalue weighted by Crippen LogP contribution is 2.10. The van der Waals surface area contributed by atoms with Crippen LogP contribution >= 0.6 is 0 Å². The highest BCUT2D eigenvalue weighted by atomic mass is 16.5. The zero-order valence-corrected chi connectivity index (χ0v) is 11.7. The largest absolute Gasteiger partial charge is 0.465 e. The van der Waals surface area contributed by atoms with Crippen LogP contribution in [0.15, 0.2) is 0 Å². The first-order chi connectivity index (χ1) is 8.56. The van der Waals surface area contributed by atoms with Gasteiger partial charge in [0.25, 0.3) is 0 Å². The highest BCUT2D eigenvalue weighted by Gasteiger charge is 2.09. The molecule has 1 heterocycles. The van der Waals surface area contributed by atoms with Crippen LogP contribution < -0.4 is 5.32 Å². The average Bonchev–Trinajstić information content (AvgIpc) is 2.56. The van der Waals surface area contributed by atoms with Crippen molar-refractivity contribution in [2.24, 2.45) is 7.05 Å². The van der Waals surface area contributed by atoms with Crippen LogP contribution in [0.3, 0.4) is 0 Å². The third kappa shape index (κ3) is 4.14. The minimum absolute atomic E-state index is 0.192. The molecule has 0 saturated heterocycles. The second kappa shape index (κ2) is 7.16. The van der Waals surface area contributed by atoms with Crippen LogP contribution in [0.4, 0.5) is 0 Å². The monoisotopic (exact) mass is 253 g/mol. The van der Waals surface area contributed by atoms with Crippen molar-refractivity contribution in [1.29, 1.82) is 0 Å². The second-order valence-electron chi connectivity index (χ2n) is 4.45. The van der Waals surface area contributed by atoms with E-state index in [1.165, 1.54) is 0 Å². The van der Waals surface area contributed by atoms with Gasteiger partial charge < -0.3 is 10.1 Å². The lowest BCUT2D eigenvalue weighted by Gasteiger charge is -2.06. The van der Waals surface area contributed by atoms with Crippen LogP contribution in [0.1, 0.15) is 36.7 Å². The zero-order valence-electron chi connectivity index (χ0n) is 11.7. The SMILES string of the molecule is CCCCOC(=O)CNCc1c(C)nn(C)c1C. The van der Waals surface area contributed by atoms with E-state index in [0.717, 1.165) is 29.8 Å². The number of nitrogens with one attached hydrogen (secondary N) is 1. The number of rotatable bonds is 7. The minimum atomic E-state index is -0.192. The minimum Gasteiger partial charge on any atom is -0.465 e. The Labute approximate surface area is 109 Å². The van der Waals surface area contributed by atoms with Crippen LogP contribution in [-0.4, -0.2) is 28.9 Å². The summed E-state index contributed by atoms with van der Waals surface area (Å²) in [5.41, 5.74) is 3.28. The molecule has 0 bridgehead atoms. The van der Waals surface area contributed by atoms with Crippen LogP contribution in [-0.2, 0) is 23.1 Å². The molecule has 0 aliphatic heterocycles. The van der Waals surface area contributed by atoms with Crippen LogP contribution in [0.5, 0.6) is 0 Å². The number of aryl methyl sites for hydroxylation is 2. The second-order valence-corrected chi connectivity index (χ2v) is 4.45. The highest BCUT2D eigenvalue weighted by molar-refractivity contribution is 5.71. The summed E-state index contributed by atoms with van der Waals surface area (Å²) in [5.74, 6) is -0.192. The third-order valence-corrected chi connectivity index (χ3v) is 2.99. The van der Waals surface area contributed by atoms with Gasteiger partial charge in [-0.05, 0) is 20.3 Å². The molecule has 1 aromatic rings. The first-order valence-corrected chi connectivity index (χ1v) is 6.41. The smallest absolute Gasteiger partial charge is 0.319 e. The Morgan fingerprint density at radius 3 is 2.72 bits per heavy atom. The molecule has 0 aliphatic carbocycles. The molecule has 0 fully saturated rings. The van der Waals surface area contributed by atoms with E-state index in [0.29, 0.717) is 13.2 Å². The molecule has 1 aromatic heterocycles. The van der Waals surface area contributed by atoms with Gasteiger partial charge in [0, 0.05) is 24.8 Å². The molecule has 0 aliphatic rings. The predicted molar refractivity (Wildman–Crippen MR) is 70.3 cm³/mol. The fraction of sp³-hybridized carbons (Fsp3) is 0.692. The molecule has 0 atom stereocenters. The maximum absolute atomic E-state index is 11.4. The summed E-state index contributed by atoms with van der Waals surface area (Å²) >= 11 is 0. The van der Waals surface area contributed by atoms with Crippen LogP contribution in [0.2, 0.25) is 0 Å². The van der Waals surface area contributed by atoms with Gasteiger partial charge in [-0.3, -0.25) is 9.48 Å². The Balaban J connectivity index is 2.31. The molecule has 0 spiro atoms. The number of carbonyl (C=O) groups excluding carboxylic acids is 1. The summed E-state index contributed by atoms with van der Waals surface area (Å²) in [5, 5.41) is 7.43. The Kier molecular flexibility index (Phi) is 5.85. The van der Waals surface area contributed by atoms with Gasteiger partial charge in [-0.25, -0.2) is 0 Å². The Morgan fingerprint density at radius 2 is 2.17 bits per heavy atom. The molecule has 0 aromatic carbocycles. The van der Waals surface area contributed by atoms with E-state index < -0.39 is 0 Å². The van der Waals surface area contributed by atoms with Gasteiger partial charge in [0.2, 0.25) is 0 Å². The normalized spacial score (nSPS) is 10.7. The molecule has 0 amide bonds. The van der Waals surface area contributed by atoms with Crippen molar-refractivity contribution in [2.75, 3.05) is 13.2 Å². The standard InChI is InChI=1S/C13H23N3O2/c1-5-6-7-18-13(17)9-14-8-12-10(2)15-16(4)11(12)3/h14H,5-9H2,1-4H3. The van der Waals surface area contributed by atoms with Gasteiger partial charge in [-0.1, -0.05) is 13.3 Å². The Hall–Kier alpha value is -1.36. The summed E-state index contributed by atoms with van der Waals surface area (Å²) in [6, 6.07) is 0. The van der Waals surface area contributed by atoms with Gasteiger partial charge in [0.15, 0.2) is 0 Å². The van der Waals surface area contributed by atoms with Crippen molar-refractivity contribution in [3.63, 3.8) is 0 Å². The van der Waals surface area contributed by atoms with E-state index in [1.807, 2.05) is 25.6 Å². The van der Waals surface area contributed by atoms with Gasteiger partial charge >= 0.3 is 5.97 Å². The Morgan fingerprint density at radius 1 is 1.44 bits per heavy atom. The van der Waals surface area contributed by atoms with E-state index in [4.69, 9.17) is 4.74 Å². The first-order valence-electron chi connectivity index (χ1n) is 6.41. The van der Waals surface area contributed by atoms with Crippen molar-refractivity contribution in [3.8, 4) is 0 Å². The topological polar surface area (TPSA) is 56.1 Å². The van der Waals surface area contributed by atoms with Crippen molar-refractivity contribution in [1.82, 2.24) is 15.1 Å². The first kappa shape index (κ1) is 14.7. The van der Waals surface area contributed by atoms with E-state index in [9.17, 15) is 4.79 Å². The lowest BCUT2D eigenvalue weighted by molar-refractivity contribution is -0.142. The summed E-state index contributed by atoms with van der Waals surface area (Å²) in [6.45, 7) is 7.48. The molecule has 1 N–H and O–H groups in total. The quantitative estimate of drug-likeness (QED) is 0.590. The van der Waals surface area contributed by atoms with Crippen LogP contribution in [0, 0.1) is 13.8 Å². The molecule has 5 nitrogen and oxygen atoms in total. The van der Waals surface area contributed by atoms with E-state index >= 15 is 0 Å². The maximum Gasteiger partial charge on any atom is 0.319 e. The number of carbonyl (C=O) groups is 1. The van der Waals surface area contributed by atoms with Gasteiger partial charge in [0.1, 0.15) is 0 Å². The molecule has 0 unspecified atom stereocenters. The van der Waals surface area contributed by atoms with Crippen LogP contribution in [0.25, 0.3) is 0 Å². The van der Waals surface area contributed by atoms with E-state index in [1.54, 1.807) is 0 Å². The lowest BCUT2D eigenvalue weighted by atomic mass is 10.2. The molecule has 1 rings (SSSR count). The summed E-state index contributed by atoms with van der Waals surface area (Å²) in [4.78, 5) is 11.4. The van der Waals surface area contributed by atoms with E-state index in [2.05, 4.69) is 17.3 Å². The number of aromatic nitrogens is 2. The van der Waals surface area contributed by atoms with Gasteiger partial charge in [-0.15, -0.1) is 0 Å². The molecule has 102 valence electrons. The maximum atomic E-state index is 11.4. The van der Waals surface area contributed by atoms with Crippen molar-refractivity contribution >= 4 is 5.97 Å². The lowest BCUT2D eigenvalue weighted by Crippen LogP contribution is -2.25. The summed E-state index contributed by atoms with van der Waals surface area (Å²) in [6.07, 6.45) is 1.96. The van der Waals surface area contributed by atoms with Gasteiger partial charge in [-0.2, -0.15) is 5.10 Å². The average molecular weight is 253 g/mol. The number of ether oxygens (including phenoxy) is 1. The molecule has 5 heteroatoms. The number of esters is 1. The molecule has 18 heavy (non-hydrogen) atoms. The molecular weight excluding hydrogens is 230 g/mol. The predicted octanol–water partition coefficient (Wildman–Crippen LogP) is 1.47. The Bertz CT molecular complexity index is 399. The fourth-order valence-electron chi connectivity index (χ4n) is 1.74. The van der Waals surface area contributed by atoms with Crippen molar-refractivity contribution in [2.45, 2.75) is 40.2 Å². The summed E-state index contributed by atoms with van der Waals surface area (Å²) in [7, 11) is 1.92. The van der Waals surface area contributed by atoms with Crippen molar-refractivity contribution < 1.29 is 9.53 Å². The van der Waals surface area contributed by atoms with Crippen molar-refractivity contribution in [3.05, 3.63) is 17.0 Å². The summed E-state index contributed by atoms with van der Waals surface area (Å²) < 4.78 is 6.92. The third-order valence-electron chi connectivity index (χ3n) is 2.99.